The fraction of sp³-hybridized carbons (Fsp3) is 0.364. The molecule has 82 valence electrons. The van der Waals surface area contributed by atoms with Gasteiger partial charge in [0.05, 0.1) is 19.9 Å². The molecule has 15 heavy (non-hydrogen) atoms. The number of amides is 1. The van der Waals surface area contributed by atoms with E-state index in [2.05, 4.69) is 4.74 Å². The second-order valence-corrected chi connectivity index (χ2v) is 2.93. The molecule has 0 N–H and O–H groups in total. The molecule has 1 rings (SSSR count). The maximum atomic E-state index is 11.4. The van der Waals surface area contributed by atoms with Gasteiger partial charge >= 0.3 is 6.09 Å². The first kappa shape index (κ1) is 11.5. The molecule has 0 bridgehead atoms. The van der Waals surface area contributed by atoms with Crippen LogP contribution in [0.15, 0.2) is 24.3 Å². The zero-order chi connectivity index (χ0) is 11.3. The molecular weight excluding hydrogens is 194 g/mol. The summed E-state index contributed by atoms with van der Waals surface area (Å²) in [6, 6.07) is 7.54. The Morgan fingerprint density at radius 2 is 2.00 bits per heavy atom. The van der Waals surface area contributed by atoms with Gasteiger partial charge in [-0.1, -0.05) is 25.1 Å². The van der Waals surface area contributed by atoms with E-state index in [-0.39, 0.29) is 0 Å². The monoisotopic (exact) mass is 209 g/mol. The summed E-state index contributed by atoms with van der Waals surface area (Å²) in [7, 11) is 2.76. The molecule has 1 aromatic rings. The van der Waals surface area contributed by atoms with E-state index < -0.39 is 6.09 Å². The highest BCUT2D eigenvalue weighted by Crippen LogP contribution is 2.21. The van der Waals surface area contributed by atoms with Gasteiger partial charge in [-0.25, -0.2) is 4.79 Å². The van der Waals surface area contributed by atoms with Crippen molar-refractivity contribution in [3.05, 3.63) is 29.8 Å². The van der Waals surface area contributed by atoms with Gasteiger partial charge in [0.2, 0.25) is 0 Å². The summed E-state index contributed by atoms with van der Waals surface area (Å²) in [5, 5.41) is 1.14. The van der Waals surface area contributed by atoms with Gasteiger partial charge in [0.1, 0.15) is 0 Å². The summed E-state index contributed by atoms with van der Waals surface area (Å²) in [5.74, 6) is 0. The maximum absolute atomic E-state index is 11.4. The third kappa shape index (κ3) is 2.47. The minimum absolute atomic E-state index is 0.529. The van der Waals surface area contributed by atoms with Crippen molar-refractivity contribution in [3.63, 3.8) is 0 Å². The third-order valence-corrected chi connectivity index (χ3v) is 2.11. The lowest BCUT2D eigenvalue weighted by atomic mass is 10.1. The molecule has 4 nitrogen and oxygen atoms in total. The number of carbonyl (C=O) groups excluding carboxylic acids is 1. The van der Waals surface area contributed by atoms with Gasteiger partial charge in [-0.3, -0.25) is 4.84 Å². The molecule has 0 saturated carbocycles. The highest BCUT2D eigenvalue weighted by atomic mass is 16.7. The standard InChI is InChI=1S/C11H15NO3/c1-4-9-7-5-6-8-10(9)12(15-3)11(13)14-2/h5-8H,4H2,1-3H3. The Labute approximate surface area is 89.4 Å². The molecule has 0 saturated heterocycles. The van der Waals surface area contributed by atoms with E-state index >= 15 is 0 Å². The highest BCUT2D eigenvalue weighted by Gasteiger charge is 2.17. The van der Waals surface area contributed by atoms with E-state index in [0.29, 0.717) is 5.69 Å². The molecule has 0 atom stereocenters. The van der Waals surface area contributed by atoms with Gasteiger partial charge in [0, 0.05) is 0 Å². The maximum Gasteiger partial charge on any atom is 0.438 e. The Balaban J connectivity index is 3.05. The lowest BCUT2D eigenvalue weighted by Crippen LogP contribution is -2.30. The van der Waals surface area contributed by atoms with Crippen LogP contribution in [0.1, 0.15) is 12.5 Å². The van der Waals surface area contributed by atoms with Crippen molar-refractivity contribution in [3.8, 4) is 0 Å². The number of rotatable bonds is 3. The number of hydrogen-bond donors (Lipinski definition) is 0. The van der Waals surface area contributed by atoms with E-state index in [1.54, 1.807) is 0 Å². The second kappa shape index (κ2) is 5.36. The zero-order valence-electron chi connectivity index (χ0n) is 9.19. The molecule has 0 unspecified atom stereocenters. The van der Waals surface area contributed by atoms with Crippen LogP contribution in [0.3, 0.4) is 0 Å². The van der Waals surface area contributed by atoms with Gasteiger partial charge in [0.25, 0.3) is 0 Å². The normalized spacial score (nSPS) is 9.80. The van der Waals surface area contributed by atoms with Crippen LogP contribution < -0.4 is 5.06 Å². The van der Waals surface area contributed by atoms with E-state index in [4.69, 9.17) is 4.84 Å². The molecule has 0 aromatic heterocycles. The van der Waals surface area contributed by atoms with Gasteiger partial charge < -0.3 is 4.74 Å². The lowest BCUT2D eigenvalue weighted by molar-refractivity contribution is 0.115. The molecule has 0 radical (unpaired) electrons. The average molecular weight is 209 g/mol. The van der Waals surface area contributed by atoms with Crippen LogP contribution in [0.25, 0.3) is 0 Å². The van der Waals surface area contributed by atoms with Gasteiger partial charge in [-0.05, 0) is 18.1 Å². The summed E-state index contributed by atoms with van der Waals surface area (Å²) >= 11 is 0. The van der Waals surface area contributed by atoms with Crippen LogP contribution in [0, 0.1) is 0 Å². The molecule has 1 amide bonds. The van der Waals surface area contributed by atoms with Crippen molar-refractivity contribution in [1.82, 2.24) is 0 Å². The zero-order valence-corrected chi connectivity index (χ0v) is 9.19. The first-order valence-electron chi connectivity index (χ1n) is 4.74. The summed E-state index contributed by atoms with van der Waals surface area (Å²) in [4.78, 5) is 16.4. The van der Waals surface area contributed by atoms with Crippen molar-refractivity contribution in [2.75, 3.05) is 19.3 Å². The first-order valence-corrected chi connectivity index (χ1v) is 4.74. The molecule has 0 heterocycles. The molecule has 0 fully saturated rings. The SMILES string of the molecule is CCc1ccccc1N(OC)C(=O)OC. The van der Waals surface area contributed by atoms with Crippen LogP contribution in [0.2, 0.25) is 0 Å². The van der Waals surface area contributed by atoms with Crippen molar-refractivity contribution >= 4 is 11.8 Å². The summed E-state index contributed by atoms with van der Waals surface area (Å²) in [6.45, 7) is 2.02. The molecule has 0 aliphatic rings. The summed E-state index contributed by atoms with van der Waals surface area (Å²) in [6.07, 6.45) is 0.297. The quantitative estimate of drug-likeness (QED) is 0.717. The third-order valence-electron chi connectivity index (χ3n) is 2.11. The topological polar surface area (TPSA) is 38.8 Å². The molecule has 0 aliphatic carbocycles. The molecule has 4 heteroatoms. The Morgan fingerprint density at radius 1 is 1.33 bits per heavy atom. The second-order valence-electron chi connectivity index (χ2n) is 2.93. The minimum Gasteiger partial charge on any atom is -0.451 e. The summed E-state index contributed by atoms with van der Waals surface area (Å²) < 4.78 is 4.62. The van der Waals surface area contributed by atoms with E-state index in [1.165, 1.54) is 14.2 Å². The van der Waals surface area contributed by atoms with E-state index in [9.17, 15) is 4.79 Å². The number of anilines is 1. The number of aryl methyl sites for hydroxylation is 1. The molecule has 0 spiro atoms. The Hall–Kier alpha value is -1.55. The van der Waals surface area contributed by atoms with Crippen LogP contribution in [0.4, 0.5) is 10.5 Å². The summed E-state index contributed by atoms with van der Waals surface area (Å²) in [5.41, 5.74) is 1.75. The van der Waals surface area contributed by atoms with Crippen LogP contribution in [-0.4, -0.2) is 20.3 Å². The Bertz CT molecular complexity index is 338. The predicted molar refractivity (Wildman–Crippen MR) is 57.7 cm³/mol. The fourth-order valence-corrected chi connectivity index (χ4v) is 1.36. The van der Waals surface area contributed by atoms with Crippen LogP contribution >= 0.6 is 0 Å². The number of hydrogen-bond acceptors (Lipinski definition) is 3. The number of ether oxygens (including phenoxy) is 1. The van der Waals surface area contributed by atoms with Gasteiger partial charge in [-0.2, -0.15) is 5.06 Å². The van der Waals surface area contributed by atoms with Crippen molar-refractivity contribution in [2.24, 2.45) is 0 Å². The van der Waals surface area contributed by atoms with E-state index in [0.717, 1.165) is 17.0 Å². The largest absolute Gasteiger partial charge is 0.451 e. The first-order chi connectivity index (χ1) is 7.24. The van der Waals surface area contributed by atoms with Crippen LogP contribution in [0.5, 0.6) is 0 Å². The van der Waals surface area contributed by atoms with Crippen LogP contribution in [-0.2, 0) is 16.0 Å². The minimum atomic E-state index is -0.529. The van der Waals surface area contributed by atoms with Crippen molar-refractivity contribution < 1.29 is 14.4 Å². The average Bonchev–Trinajstić information content (AvgIpc) is 2.30. The molecule has 1 aromatic carbocycles. The molecule has 0 aliphatic heterocycles. The fourth-order valence-electron chi connectivity index (χ4n) is 1.36. The predicted octanol–water partition coefficient (Wildman–Crippen LogP) is 2.38. The molecular formula is C11H15NO3. The number of nitrogens with zero attached hydrogens (tertiary/aromatic N) is 1. The van der Waals surface area contributed by atoms with E-state index in [1.807, 2.05) is 31.2 Å². The highest BCUT2D eigenvalue weighted by molar-refractivity contribution is 5.86. The lowest BCUT2D eigenvalue weighted by Gasteiger charge is -2.20. The van der Waals surface area contributed by atoms with Crippen molar-refractivity contribution in [2.45, 2.75) is 13.3 Å². The van der Waals surface area contributed by atoms with Crippen molar-refractivity contribution in [1.29, 1.82) is 0 Å². The van der Waals surface area contributed by atoms with Gasteiger partial charge in [-0.15, -0.1) is 0 Å². The number of methoxy groups -OCH3 is 1. The number of para-hydroxylation sites is 1. The van der Waals surface area contributed by atoms with Gasteiger partial charge in [0.15, 0.2) is 0 Å². The number of benzene rings is 1. The number of hydroxylamine groups is 1. The Morgan fingerprint density at radius 3 is 2.53 bits per heavy atom. The Kier molecular flexibility index (Phi) is 4.12. The number of carbonyl (C=O) groups is 1. The smallest absolute Gasteiger partial charge is 0.438 e.